The van der Waals surface area contributed by atoms with E-state index in [0.717, 1.165) is 11.1 Å². The first-order valence-corrected chi connectivity index (χ1v) is 4.10. The second-order valence-electron chi connectivity index (χ2n) is 3.10. The van der Waals surface area contributed by atoms with Crippen LogP contribution in [0.5, 0.6) is 5.75 Å². The quantitative estimate of drug-likeness (QED) is 0.650. The molecule has 1 aromatic rings. The van der Waals surface area contributed by atoms with Crippen molar-refractivity contribution in [2.75, 3.05) is 7.11 Å². The van der Waals surface area contributed by atoms with E-state index in [0.29, 0.717) is 6.42 Å². The van der Waals surface area contributed by atoms with Crippen LogP contribution in [0.1, 0.15) is 12.5 Å². The number of methoxy groups -OCH3 is 1. The van der Waals surface area contributed by atoms with Crippen LogP contribution in [0, 0.1) is 5.82 Å². The highest BCUT2D eigenvalue weighted by molar-refractivity contribution is 5.30. The molecular formula is C11H13FO. The average Bonchev–Trinajstić information content (AvgIpc) is 2.03. The molecule has 70 valence electrons. The van der Waals surface area contributed by atoms with Gasteiger partial charge in [0.2, 0.25) is 0 Å². The lowest BCUT2D eigenvalue weighted by atomic mass is 10.1. The van der Waals surface area contributed by atoms with Gasteiger partial charge >= 0.3 is 0 Å². The summed E-state index contributed by atoms with van der Waals surface area (Å²) >= 11 is 0. The van der Waals surface area contributed by atoms with Crippen molar-refractivity contribution in [3.63, 3.8) is 0 Å². The SMILES string of the molecule is C=C(C)Cc1ccc(OC)c(F)c1. The summed E-state index contributed by atoms with van der Waals surface area (Å²) in [6.07, 6.45) is 0.709. The first-order chi connectivity index (χ1) is 6.13. The molecule has 1 rings (SSSR count). The molecule has 0 fully saturated rings. The molecule has 0 atom stereocenters. The highest BCUT2D eigenvalue weighted by Gasteiger charge is 2.02. The van der Waals surface area contributed by atoms with Gasteiger partial charge in [0.15, 0.2) is 11.6 Å². The maximum Gasteiger partial charge on any atom is 0.165 e. The molecule has 0 aliphatic heterocycles. The van der Waals surface area contributed by atoms with Gasteiger partial charge in [-0.2, -0.15) is 0 Å². The van der Waals surface area contributed by atoms with Crippen molar-refractivity contribution in [1.82, 2.24) is 0 Å². The van der Waals surface area contributed by atoms with Gasteiger partial charge in [0, 0.05) is 0 Å². The van der Waals surface area contributed by atoms with Crippen molar-refractivity contribution >= 4 is 0 Å². The van der Waals surface area contributed by atoms with Crippen LogP contribution in [-0.4, -0.2) is 7.11 Å². The summed E-state index contributed by atoms with van der Waals surface area (Å²) in [5, 5.41) is 0. The summed E-state index contributed by atoms with van der Waals surface area (Å²) in [6, 6.07) is 4.96. The lowest BCUT2D eigenvalue weighted by Gasteiger charge is -2.04. The molecule has 0 unspecified atom stereocenters. The van der Waals surface area contributed by atoms with E-state index in [1.54, 1.807) is 6.07 Å². The third-order valence-corrected chi connectivity index (χ3v) is 1.72. The molecule has 0 spiro atoms. The van der Waals surface area contributed by atoms with Crippen molar-refractivity contribution in [3.05, 3.63) is 41.7 Å². The van der Waals surface area contributed by atoms with Gasteiger partial charge < -0.3 is 4.74 Å². The van der Waals surface area contributed by atoms with Gasteiger partial charge in [0.05, 0.1) is 7.11 Å². The largest absolute Gasteiger partial charge is 0.494 e. The van der Waals surface area contributed by atoms with E-state index >= 15 is 0 Å². The van der Waals surface area contributed by atoms with Crippen LogP contribution in [0.2, 0.25) is 0 Å². The Labute approximate surface area is 77.8 Å². The molecule has 0 radical (unpaired) electrons. The van der Waals surface area contributed by atoms with Gasteiger partial charge in [-0.05, 0) is 31.0 Å². The number of hydrogen-bond acceptors (Lipinski definition) is 1. The second-order valence-corrected chi connectivity index (χ2v) is 3.10. The second kappa shape index (κ2) is 4.08. The van der Waals surface area contributed by atoms with Crippen LogP contribution >= 0.6 is 0 Å². The van der Waals surface area contributed by atoms with E-state index in [9.17, 15) is 4.39 Å². The first-order valence-electron chi connectivity index (χ1n) is 4.10. The molecule has 0 saturated heterocycles. The molecule has 0 bridgehead atoms. The number of benzene rings is 1. The third-order valence-electron chi connectivity index (χ3n) is 1.72. The van der Waals surface area contributed by atoms with Crippen LogP contribution in [-0.2, 0) is 6.42 Å². The fourth-order valence-electron chi connectivity index (χ4n) is 1.17. The molecule has 0 heterocycles. The lowest BCUT2D eigenvalue weighted by Crippen LogP contribution is -1.91. The average molecular weight is 180 g/mol. The zero-order valence-electron chi connectivity index (χ0n) is 7.93. The molecule has 0 saturated carbocycles. The van der Waals surface area contributed by atoms with E-state index in [4.69, 9.17) is 4.74 Å². The van der Waals surface area contributed by atoms with Crippen LogP contribution < -0.4 is 4.74 Å². The maximum absolute atomic E-state index is 13.1. The van der Waals surface area contributed by atoms with E-state index < -0.39 is 0 Å². The summed E-state index contributed by atoms with van der Waals surface area (Å²) in [5.41, 5.74) is 1.94. The maximum atomic E-state index is 13.1. The predicted octanol–water partition coefficient (Wildman–Crippen LogP) is 2.95. The number of hydrogen-bond donors (Lipinski definition) is 0. The Morgan fingerprint density at radius 3 is 2.69 bits per heavy atom. The van der Waals surface area contributed by atoms with Crippen molar-refractivity contribution in [2.45, 2.75) is 13.3 Å². The number of rotatable bonds is 3. The Morgan fingerprint density at radius 2 is 2.23 bits per heavy atom. The Kier molecular flexibility index (Phi) is 3.07. The van der Waals surface area contributed by atoms with Crippen LogP contribution in [0.25, 0.3) is 0 Å². The Hall–Kier alpha value is -1.31. The van der Waals surface area contributed by atoms with Gasteiger partial charge in [-0.25, -0.2) is 4.39 Å². The van der Waals surface area contributed by atoms with Crippen molar-refractivity contribution in [3.8, 4) is 5.75 Å². The highest BCUT2D eigenvalue weighted by Crippen LogP contribution is 2.18. The van der Waals surface area contributed by atoms with Gasteiger partial charge in [-0.15, -0.1) is 0 Å². The molecule has 0 N–H and O–H groups in total. The van der Waals surface area contributed by atoms with Crippen LogP contribution in [0.3, 0.4) is 0 Å². The minimum atomic E-state index is -0.318. The number of allylic oxidation sites excluding steroid dienone is 1. The molecule has 0 aliphatic carbocycles. The van der Waals surface area contributed by atoms with Crippen LogP contribution in [0.4, 0.5) is 4.39 Å². The van der Waals surface area contributed by atoms with Gasteiger partial charge in [-0.1, -0.05) is 18.2 Å². The lowest BCUT2D eigenvalue weighted by molar-refractivity contribution is 0.386. The van der Waals surface area contributed by atoms with Crippen molar-refractivity contribution in [2.24, 2.45) is 0 Å². The monoisotopic (exact) mass is 180 g/mol. The number of halogens is 1. The molecule has 0 aromatic heterocycles. The Balaban J connectivity index is 2.89. The smallest absolute Gasteiger partial charge is 0.165 e. The third kappa shape index (κ3) is 2.58. The van der Waals surface area contributed by atoms with Crippen molar-refractivity contribution in [1.29, 1.82) is 0 Å². The summed E-state index contributed by atoms with van der Waals surface area (Å²) in [4.78, 5) is 0. The zero-order chi connectivity index (χ0) is 9.84. The summed E-state index contributed by atoms with van der Waals surface area (Å²) in [6.45, 7) is 5.69. The molecule has 1 nitrogen and oxygen atoms in total. The fraction of sp³-hybridized carbons (Fsp3) is 0.273. The molecule has 13 heavy (non-hydrogen) atoms. The highest BCUT2D eigenvalue weighted by atomic mass is 19.1. The van der Waals surface area contributed by atoms with Gasteiger partial charge in [-0.3, -0.25) is 0 Å². The molecular weight excluding hydrogens is 167 g/mol. The first kappa shape index (κ1) is 9.78. The minimum Gasteiger partial charge on any atom is -0.494 e. The van der Waals surface area contributed by atoms with Crippen molar-refractivity contribution < 1.29 is 9.13 Å². The minimum absolute atomic E-state index is 0.283. The Morgan fingerprint density at radius 1 is 1.54 bits per heavy atom. The topological polar surface area (TPSA) is 9.23 Å². The molecule has 0 amide bonds. The van der Waals surface area contributed by atoms with Crippen LogP contribution in [0.15, 0.2) is 30.4 Å². The summed E-state index contributed by atoms with van der Waals surface area (Å²) in [7, 11) is 1.46. The van der Waals surface area contributed by atoms with E-state index in [1.807, 2.05) is 13.0 Å². The molecule has 0 aliphatic rings. The van der Waals surface area contributed by atoms with Gasteiger partial charge in [0.1, 0.15) is 0 Å². The summed E-state index contributed by atoms with van der Waals surface area (Å²) in [5.74, 6) is -0.0354. The van der Waals surface area contributed by atoms with Gasteiger partial charge in [0.25, 0.3) is 0 Å². The van der Waals surface area contributed by atoms with E-state index in [1.165, 1.54) is 13.2 Å². The number of ether oxygens (including phenoxy) is 1. The zero-order valence-corrected chi connectivity index (χ0v) is 7.93. The molecule has 2 heteroatoms. The van der Waals surface area contributed by atoms with E-state index in [2.05, 4.69) is 6.58 Å². The predicted molar refractivity (Wildman–Crippen MR) is 51.5 cm³/mol. The normalized spacial score (nSPS) is 9.77. The molecule has 1 aromatic carbocycles. The Bertz CT molecular complexity index is 318. The summed E-state index contributed by atoms with van der Waals surface area (Å²) < 4.78 is 18.0. The fourth-order valence-corrected chi connectivity index (χ4v) is 1.17. The van der Waals surface area contributed by atoms with E-state index in [-0.39, 0.29) is 11.6 Å². The standard InChI is InChI=1S/C11H13FO/c1-8(2)6-9-4-5-11(13-3)10(12)7-9/h4-5,7H,1,6H2,2-3H3.